The molecule has 0 spiro atoms. The summed E-state index contributed by atoms with van der Waals surface area (Å²) in [7, 11) is -1.04. The Morgan fingerprint density at radius 2 is 2.08 bits per heavy atom. The summed E-state index contributed by atoms with van der Waals surface area (Å²) >= 11 is 0. The van der Waals surface area contributed by atoms with Gasteiger partial charge in [0, 0.05) is 4.57 Å². The summed E-state index contributed by atoms with van der Waals surface area (Å²) in [6.07, 6.45) is 0. The van der Waals surface area contributed by atoms with Crippen LogP contribution in [0.2, 0.25) is 0 Å². The van der Waals surface area contributed by atoms with Gasteiger partial charge in [0.05, 0.1) is 7.11 Å². The highest BCUT2D eigenvalue weighted by Crippen LogP contribution is 2.28. The number of benzene rings is 1. The summed E-state index contributed by atoms with van der Waals surface area (Å²) in [5, 5.41) is 0. The highest BCUT2D eigenvalue weighted by molar-refractivity contribution is 7.33. The molecule has 0 fully saturated rings. The van der Waals surface area contributed by atoms with Crippen molar-refractivity contribution in [2.45, 2.75) is 0 Å². The summed E-state index contributed by atoms with van der Waals surface area (Å²) in [5.74, 6) is -0.627. The van der Waals surface area contributed by atoms with E-state index >= 15 is 0 Å². The standard InChI is InChI=1S/C7H7FO3P/c1-10-12(9)11-7-5-3-2-4-6(7)8/h2-5H,1H3/q+1. The van der Waals surface area contributed by atoms with E-state index in [1.54, 1.807) is 6.07 Å². The molecule has 12 heavy (non-hydrogen) atoms. The molecule has 0 heterocycles. The predicted octanol–water partition coefficient (Wildman–Crippen LogP) is 2.51. The van der Waals surface area contributed by atoms with Crippen LogP contribution < -0.4 is 4.52 Å². The van der Waals surface area contributed by atoms with Crippen LogP contribution in [0.3, 0.4) is 0 Å². The molecule has 0 saturated carbocycles. The van der Waals surface area contributed by atoms with Crippen molar-refractivity contribution in [2.75, 3.05) is 7.11 Å². The molecule has 1 aromatic carbocycles. The molecular weight excluding hydrogens is 182 g/mol. The van der Waals surface area contributed by atoms with Crippen molar-refractivity contribution in [2.24, 2.45) is 0 Å². The minimum Gasteiger partial charge on any atom is -0.226 e. The fourth-order valence-electron chi connectivity index (χ4n) is 0.636. The summed E-state index contributed by atoms with van der Waals surface area (Å²) in [6.45, 7) is 0. The molecule has 1 atom stereocenters. The second-order valence-electron chi connectivity index (χ2n) is 1.93. The number of halogens is 1. The van der Waals surface area contributed by atoms with E-state index in [2.05, 4.69) is 9.05 Å². The van der Waals surface area contributed by atoms with Crippen LogP contribution in [0.15, 0.2) is 24.3 Å². The maximum absolute atomic E-state index is 12.8. The van der Waals surface area contributed by atoms with Gasteiger partial charge in [-0.3, -0.25) is 0 Å². The van der Waals surface area contributed by atoms with Crippen molar-refractivity contribution in [3.05, 3.63) is 30.1 Å². The fourth-order valence-corrected chi connectivity index (χ4v) is 1.02. The third kappa shape index (κ3) is 2.26. The maximum Gasteiger partial charge on any atom is 0.749 e. The lowest BCUT2D eigenvalue weighted by Gasteiger charge is -1.91. The van der Waals surface area contributed by atoms with Crippen molar-refractivity contribution >= 4 is 8.25 Å². The van der Waals surface area contributed by atoms with Crippen LogP contribution in [0.5, 0.6) is 5.75 Å². The van der Waals surface area contributed by atoms with Crippen LogP contribution in [0.4, 0.5) is 4.39 Å². The first kappa shape index (κ1) is 9.10. The quantitative estimate of drug-likeness (QED) is 0.685. The molecule has 0 bridgehead atoms. The zero-order valence-electron chi connectivity index (χ0n) is 6.36. The Morgan fingerprint density at radius 1 is 1.42 bits per heavy atom. The van der Waals surface area contributed by atoms with Crippen molar-refractivity contribution in [1.29, 1.82) is 0 Å². The Kier molecular flexibility index (Phi) is 3.14. The van der Waals surface area contributed by atoms with E-state index in [1.807, 2.05) is 0 Å². The molecule has 0 radical (unpaired) electrons. The highest BCUT2D eigenvalue weighted by atomic mass is 31.1. The van der Waals surface area contributed by atoms with E-state index in [-0.39, 0.29) is 5.75 Å². The summed E-state index contributed by atoms with van der Waals surface area (Å²) in [6, 6.07) is 5.69. The SMILES string of the molecule is CO[P+](=O)Oc1ccccc1F. The van der Waals surface area contributed by atoms with Crippen LogP contribution in [0.1, 0.15) is 0 Å². The second-order valence-corrected chi connectivity index (χ2v) is 2.92. The summed E-state index contributed by atoms with van der Waals surface area (Å²) < 4.78 is 32.4. The smallest absolute Gasteiger partial charge is 0.226 e. The average Bonchev–Trinajstić information content (AvgIpc) is 2.09. The first-order chi connectivity index (χ1) is 5.74. The van der Waals surface area contributed by atoms with Crippen LogP contribution in [0, 0.1) is 5.82 Å². The molecule has 0 aliphatic heterocycles. The Labute approximate surface area is 70.1 Å². The van der Waals surface area contributed by atoms with E-state index < -0.39 is 14.1 Å². The van der Waals surface area contributed by atoms with Gasteiger partial charge in [-0.1, -0.05) is 12.1 Å². The molecule has 0 aromatic heterocycles. The van der Waals surface area contributed by atoms with Gasteiger partial charge in [0.25, 0.3) is 0 Å². The Morgan fingerprint density at radius 3 is 2.67 bits per heavy atom. The molecule has 1 aromatic rings. The maximum atomic E-state index is 12.8. The van der Waals surface area contributed by atoms with Gasteiger partial charge in [-0.05, 0) is 12.1 Å². The zero-order chi connectivity index (χ0) is 8.97. The van der Waals surface area contributed by atoms with Crippen molar-refractivity contribution < 1.29 is 18.0 Å². The molecule has 0 N–H and O–H groups in total. The lowest BCUT2D eigenvalue weighted by molar-refractivity contribution is 0.343. The monoisotopic (exact) mass is 189 g/mol. The molecule has 5 heteroatoms. The van der Waals surface area contributed by atoms with Crippen LogP contribution in [-0.2, 0) is 9.09 Å². The normalized spacial score (nSPS) is 11.0. The molecule has 1 rings (SSSR count). The van der Waals surface area contributed by atoms with Crippen LogP contribution in [0.25, 0.3) is 0 Å². The van der Waals surface area contributed by atoms with Crippen molar-refractivity contribution in [3.63, 3.8) is 0 Å². The Balaban J connectivity index is 2.75. The lowest BCUT2D eigenvalue weighted by Crippen LogP contribution is -1.85. The lowest BCUT2D eigenvalue weighted by atomic mass is 10.3. The van der Waals surface area contributed by atoms with E-state index in [4.69, 9.17) is 0 Å². The van der Waals surface area contributed by atoms with E-state index in [0.717, 1.165) is 0 Å². The van der Waals surface area contributed by atoms with Gasteiger partial charge in [0.2, 0.25) is 5.75 Å². The van der Waals surface area contributed by atoms with Gasteiger partial charge < -0.3 is 0 Å². The number of para-hydroxylation sites is 1. The minimum atomic E-state index is -2.26. The van der Waals surface area contributed by atoms with Crippen LogP contribution in [-0.4, -0.2) is 7.11 Å². The van der Waals surface area contributed by atoms with Gasteiger partial charge in [0.1, 0.15) is 0 Å². The zero-order valence-corrected chi connectivity index (χ0v) is 7.25. The predicted molar refractivity (Wildman–Crippen MR) is 41.6 cm³/mol. The van der Waals surface area contributed by atoms with Gasteiger partial charge in [-0.2, -0.15) is 0 Å². The number of rotatable bonds is 3. The number of hydrogen-bond acceptors (Lipinski definition) is 3. The average molecular weight is 189 g/mol. The molecule has 64 valence electrons. The fraction of sp³-hybridized carbons (Fsp3) is 0.143. The van der Waals surface area contributed by atoms with Crippen LogP contribution >= 0.6 is 8.25 Å². The Hall–Kier alpha value is -0.990. The van der Waals surface area contributed by atoms with Crippen molar-refractivity contribution in [3.8, 4) is 5.75 Å². The second kappa shape index (κ2) is 4.14. The largest absolute Gasteiger partial charge is 0.749 e. The third-order valence-electron chi connectivity index (χ3n) is 1.16. The molecule has 0 aliphatic rings. The first-order valence-electron chi connectivity index (χ1n) is 3.18. The summed E-state index contributed by atoms with van der Waals surface area (Å²) in [4.78, 5) is 0. The molecular formula is C7H7FO3P+. The molecule has 1 unspecified atom stereocenters. The van der Waals surface area contributed by atoms with Crippen molar-refractivity contribution in [1.82, 2.24) is 0 Å². The first-order valence-corrected chi connectivity index (χ1v) is 4.27. The molecule has 3 nitrogen and oxygen atoms in total. The van der Waals surface area contributed by atoms with Gasteiger partial charge in [0.15, 0.2) is 5.82 Å². The van der Waals surface area contributed by atoms with Gasteiger partial charge >= 0.3 is 8.25 Å². The van der Waals surface area contributed by atoms with E-state index in [1.165, 1.54) is 25.3 Å². The third-order valence-corrected chi connectivity index (χ3v) is 1.80. The van der Waals surface area contributed by atoms with E-state index in [9.17, 15) is 8.96 Å². The number of hydrogen-bond donors (Lipinski definition) is 0. The molecule has 0 saturated heterocycles. The van der Waals surface area contributed by atoms with Gasteiger partial charge in [-0.15, -0.1) is 4.52 Å². The Bertz CT molecular complexity index is 290. The van der Waals surface area contributed by atoms with E-state index in [0.29, 0.717) is 0 Å². The van der Waals surface area contributed by atoms with Gasteiger partial charge in [-0.25, -0.2) is 8.91 Å². The summed E-state index contributed by atoms with van der Waals surface area (Å²) in [5.41, 5.74) is 0. The highest BCUT2D eigenvalue weighted by Gasteiger charge is 2.20. The topological polar surface area (TPSA) is 35.5 Å². The molecule has 0 aliphatic carbocycles. The molecule has 0 amide bonds. The minimum absolute atomic E-state index is 0.0690.